The molecular weight excluding hydrogens is 354 g/mol. The van der Waals surface area contributed by atoms with Gasteiger partial charge < -0.3 is 13.9 Å². The standard InChI is InChI=1S/C22H22BO3P/c1-18-17-22(26-23(25-18)19-11-5-2-6-12-19)27(24,20-13-7-3-8-14-20)21-15-9-4-10-16-21/h2-16,18,22H,17H2,1H3. The van der Waals surface area contributed by atoms with Gasteiger partial charge in [-0.1, -0.05) is 91.0 Å². The van der Waals surface area contributed by atoms with Crippen LogP contribution in [-0.2, 0) is 13.9 Å². The molecule has 0 aromatic heterocycles. The molecule has 0 aliphatic carbocycles. The molecule has 27 heavy (non-hydrogen) atoms. The first kappa shape index (κ1) is 18.2. The monoisotopic (exact) mass is 376 g/mol. The van der Waals surface area contributed by atoms with Crippen LogP contribution in [0.5, 0.6) is 0 Å². The second-order valence-electron chi connectivity index (χ2n) is 6.84. The highest BCUT2D eigenvalue weighted by Crippen LogP contribution is 2.52. The Morgan fingerprint density at radius 3 is 1.78 bits per heavy atom. The van der Waals surface area contributed by atoms with Crippen molar-refractivity contribution in [3.8, 4) is 0 Å². The summed E-state index contributed by atoms with van der Waals surface area (Å²) in [5.74, 6) is -0.434. The van der Waals surface area contributed by atoms with Gasteiger partial charge in [0.15, 0.2) is 7.14 Å². The van der Waals surface area contributed by atoms with E-state index in [-0.39, 0.29) is 6.10 Å². The van der Waals surface area contributed by atoms with E-state index >= 15 is 0 Å². The van der Waals surface area contributed by atoms with Crippen molar-refractivity contribution in [2.24, 2.45) is 0 Å². The topological polar surface area (TPSA) is 35.5 Å². The predicted octanol–water partition coefficient (Wildman–Crippen LogP) is 3.55. The zero-order chi connectivity index (χ0) is 18.7. The van der Waals surface area contributed by atoms with Gasteiger partial charge in [0.25, 0.3) is 0 Å². The van der Waals surface area contributed by atoms with E-state index in [0.717, 1.165) is 16.1 Å². The molecule has 2 unspecified atom stereocenters. The Labute approximate surface area is 160 Å². The number of hydrogen-bond donors (Lipinski definition) is 0. The smallest absolute Gasteiger partial charge is 0.405 e. The van der Waals surface area contributed by atoms with Crippen LogP contribution < -0.4 is 16.1 Å². The number of hydrogen-bond acceptors (Lipinski definition) is 3. The van der Waals surface area contributed by atoms with Crippen molar-refractivity contribution < 1.29 is 13.9 Å². The first-order valence-electron chi connectivity index (χ1n) is 9.25. The Bertz CT molecular complexity index is 875. The molecule has 0 saturated carbocycles. The Hall–Kier alpha value is -2.13. The van der Waals surface area contributed by atoms with Crippen LogP contribution in [0.25, 0.3) is 0 Å². The summed E-state index contributed by atoms with van der Waals surface area (Å²) < 4.78 is 26.9. The average Bonchev–Trinajstić information content (AvgIpc) is 2.74. The Morgan fingerprint density at radius 1 is 0.778 bits per heavy atom. The van der Waals surface area contributed by atoms with Gasteiger partial charge in [-0.15, -0.1) is 0 Å². The van der Waals surface area contributed by atoms with Gasteiger partial charge in [0, 0.05) is 23.1 Å². The molecule has 3 aromatic rings. The van der Waals surface area contributed by atoms with E-state index in [2.05, 4.69) is 0 Å². The SMILES string of the molecule is CC1CC(P(=O)(c2ccccc2)c2ccccc2)OB(c2ccccc2)O1. The van der Waals surface area contributed by atoms with Crippen LogP contribution in [-0.4, -0.2) is 19.1 Å². The molecule has 1 saturated heterocycles. The van der Waals surface area contributed by atoms with Crippen LogP contribution in [0.3, 0.4) is 0 Å². The van der Waals surface area contributed by atoms with Crippen LogP contribution in [0.2, 0.25) is 0 Å². The molecule has 1 aliphatic heterocycles. The van der Waals surface area contributed by atoms with E-state index < -0.39 is 20.1 Å². The van der Waals surface area contributed by atoms with E-state index in [1.54, 1.807) is 0 Å². The summed E-state index contributed by atoms with van der Waals surface area (Å²) >= 11 is 0. The van der Waals surface area contributed by atoms with E-state index in [4.69, 9.17) is 9.31 Å². The minimum Gasteiger partial charge on any atom is -0.405 e. The number of rotatable bonds is 4. The molecule has 1 heterocycles. The quantitative estimate of drug-likeness (QED) is 0.516. The third-order valence-electron chi connectivity index (χ3n) is 4.93. The number of benzene rings is 3. The van der Waals surface area contributed by atoms with Gasteiger partial charge >= 0.3 is 7.12 Å². The summed E-state index contributed by atoms with van der Waals surface area (Å²) in [5, 5.41) is 1.64. The molecule has 0 bridgehead atoms. The maximum absolute atomic E-state index is 14.5. The molecule has 5 heteroatoms. The maximum Gasteiger partial charge on any atom is 0.494 e. The van der Waals surface area contributed by atoms with Crippen molar-refractivity contribution in [1.29, 1.82) is 0 Å². The fourth-order valence-corrected chi connectivity index (χ4v) is 6.63. The largest absolute Gasteiger partial charge is 0.494 e. The van der Waals surface area contributed by atoms with Crippen LogP contribution >= 0.6 is 7.14 Å². The normalized spacial score (nSPS) is 20.4. The minimum atomic E-state index is -3.00. The lowest BCUT2D eigenvalue weighted by molar-refractivity contribution is 0.0666. The predicted molar refractivity (Wildman–Crippen MR) is 112 cm³/mol. The average molecular weight is 376 g/mol. The van der Waals surface area contributed by atoms with Crippen molar-refractivity contribution in [3.63, 3.8) is 0 Å². The molecule has 0 N–H and O–H groups in total. The van der Waals surface area contributed by atoms with Gasteiger partial charge in [-0.2, -0.15) is 0 Å². The molecular formula is C22H22BO3P. The van der Waals surface area contributed by atoms with Crippen molar-refractivity contribution in [3.05, 3.63) is 91.0 Å². The lowest BCUT2D eigenvalue weighted by Crippen LogP contribution is -2.49. The lowest BCUT2D eigenvalue weighted by Gasteiger charge is -2.37. The highest BCUT2D eigenvalue weighted by atomic mass is 31.2. The van der Waals surface area contributed by atoms with Crippen molar-refractivity contribution in [2.45, 2.75) is 25.3 Å². The molecule has 0 amide bonds. The molecule has 4 rings (SSSR count). The van der Waals surface area contributed by atoms with E-state index in [9.17, 15) is 4.57 Å². The molecule has 2 atom stereocenters. The summed E-state index contributed by atoms with van der Waals surface area (Å²) in [5.41, 5.74) is 0.946. The summed E-state index contributed by atoms with van der Waals surface area (Å²) in [7, 11) is -3.51. The minimum absolute atomic E-state index is 0.0466. The summed E-state index contributed by atoms with van der Waals surface area (Å²) in [6.07, 6.45) is 0.541. The Morgan fingerprint density at radius 2 is 1.26 bits per heavy atom. The fourth-order valence-electron chi connectivity index (χ4n) is 3.56. The Balaban J connectivity index is 1.77. The van der Waals surface area contributed by atoms with Gasteiger partial charge in [-0.25, -0.2) is 0 Å². The second-order valence-corrected chi connectivity index (χ2v) is 9.77. The molecule has 1 aliphatic rings. The van der Waals surface area contributed by atoms with Gasteiger partial charge in [0.1, 0.15) is 5.85 Å². The second kappa shape index (κ2) is 7.86. The summed E-state index contributed by atoms with van der Waals surface area (Å²) in [6.45, 7) is 2.02. The summed E-state index contributed by atoms with van der Waals surface area (Å²) in [4.78, 5) is 0. The maximum atomic E-state index is 14.5. The molecule has 3 aromatic carbocycles. The first-order valence-corrected chi connectivity index (χ1v) is 11.0. The lowest BCUT2D eigenvalue weighted by atomic mass is 9.77. The Kier molecular flexibility index (Phi) is 5.31. The molecule has 0 radical (unpaired) electrons. The van der Waals surface area contributed by atoms with E-state index in [0.29, 0.717) is 6.42 Å². The molecule has 3 nitrogen and oxygen atoms in total. The highest BCUT2D eigenvalue weighted by Gasteiger charge is 2.44. The van der Waals surface area contributed by atoms with Gasteiger partial charge in [0.2, 0.25) is 0 Å². The molecule has 1 fully saturated rings. The first-order chi connectivity index (χ1) is 13.2. The van der Waals surface area contributed by atoms with E-state index in [1.807, 2.05) is 97.9 Å². The van der Waals surface area contributed by atoms with Crippen LogP contribution in [0.15, 0.2) is 91.0 Å². The third kappa shape index (κ3) is 3.66. The highest BCUT2D eigenvalue weighted by molar-refractivity contribution is 7.79. The van der Waals surface area contributed by atoms with E-state index in [1.165, 1.54) is 0 Å². The van der Waals surface area contributed by atoms with Gasteiger partial charge in [-0.05, 0) is 12.4 Å². The van der Waals surface area contributed by atoms with Crippen LogP contribution in [0.1, 0.15) is 13.3 Å². The van der Waals surface area contributed by atoms with Crippen molar-refractivity contribution >= 4 is 30.3 Å². The van der Waals surface area contributed by atoms with Gasteiger partial charge in [-0.3, -0.25) is 0 Å². The van der Waals surface area contributed by atoms with Gasteiger partial charge in [0.05, 0.1) is 0 Å². The zero-order valence-electron chi connectivity index (χ0n) is 15.3. The third-order valence-corrected chi connectivity index (χ3v) is 8.20. The molecule has 136 valence electrons. The zero-order valence-corrected chi connectivity index (χ0v) is 16.2. The fraction of sp³-hybridized carbons (Fsp3) is 0.182. The molecule has 0 spiro atoms. The van der Waals surface area contributed by atoms with Crippen LogP contribution in [0.4, 0.5) is 0 Å². The summed E-state index contributed by atoms with van der Waals surface area (Å²) in [6, 6.07) is 29.2. The van der Waals surface area contributed by atoms with Crippen molar-refractivity contribution in [2.75, 3.05) is 0 Å². The van der Waals surface area contributed by atoms with Crippen LogP contribution in [0, 0.1) is 0 Å². The van der Waals surface area contributed by atoms with Crippen molar-refractivity contribution in [1.82, 2.24) is 0 Å².